The first kappa shape index (κ1) is 19.2. The standard InChI is InChI=1S/C14H14ClN3OS.2ClH/c15-10-3-1-2-9(6-10)14-18-12(8-20-14)13(19)17-11-4-5-16-7-11;;/h1-3,6,8,11,16H,4-5,7H2,(H,17,19);2*1H. The maximum absolute atomic E-state index is 12.1. The minimum Gasteiger partial charge on any atom is -0.347 e. The SMILES string of the molecule is Cl.Cl.O=C(NC1CCNC1)c1csc(-c2cccc(Cl)c2)n1. The van der Waals surface area contributed by atoms with Gasteiger partial charge in [0, 0.05) is 28.6 Å². The fourth-order valence-electron chi connectivity index (χ4n) is 2.17. The van der Waals surface area contributed by atoms with Crippen molar-refractivity contribution < 1.29 is 4.79 Å². The Hall–Kier alpha value is -0.850. The summed E-state index contributed by atoms with van der Waals surface area (Å²) in [6.45, 7) is 1.78. The molecule has 1 aromatic carbocycles. The first-order valence-electron chi connectivity index (χ1n) is 6.45. The maximum atomic E-state index is 12.1. The monoisotopic (exact) mass is 379 g/mol. The zero-order valence-electron chi connectivity index (χ0n) is 11.5. The summed E-state index contributed by atoms with van der Waals surface area (Å²) in [6, 6.07) is 7.69. The smallest absolute Gasteiger partial charge is 0.271 e. The summed E-state index contributed by atoms with van der Waals surface area (Å²) in [6.07, 6.45) is 0.969. The summed E-state index contributed by atoms with van der Waals surface area (Å²) in [5.41, 5.74) is 1.40. The molecule has 2 heterocycles. The molecular weight excluding hydrogens is 365 g/mol. The molecule has 4 nitrogen and oxygen atoms in total. The Labute approximate surface area is 150 Å². The van der Waals surface area contributed by atoms with Gasteiger partial charge in [-0.15, -0.1) is 36.2 Å². The zero-order chi connectivity index (χ0) is 13.9. The van der Waals surface area contributed by atoms with Crippen LogP contribution in [0.5, 0.6) is 0 Å². The number of thiazole rings is 1. The molecule has 0 aliphatic carbocycles. The highest BCUT2D eigenvalue weighted by molar-refractivity contribution is 7.13. The molecular formula is C14H16Cl3N3OS. The van der Waals surface area contributed by atoms with Gasteiger partial charge in [0.2, 0.25) is 0 Å². The molecule has 1 saturated heterocycles. The number of hydrogen-bond acceptors (Lipinski definition) is 4. The lowest BCUT2D eigenvalue weighted by atomic mass is 10.2. The minimum atomic E-state index is -0.108. The first-order valence-corrected chi connectivity index (χ1v) is 7.71. The molecule has 3 rings (SSSR count). The molecule has 2 aromatic rings. The Morgan fingerprint density at radius 2 is 2.23 bits per heavy atom. The van der Waals surface area contributed by atoms with E-state index in [1.54, 1.807) is 5.38 Å². The van der Waals surface area contributed by atoms with E-state index < -0.39 is 0 Å². The highest BCUT2D eigenvalue weighted by atomic mass is 35.5. The average molecular weight is 381 g/mol. The highest BCUT2D eigenvalue weighted by Crippen LogP contribution is 2.26. The van der Waals surface area contributed by atoms with Gasteiger partial charge in [-0.2, -0.15) is 0 Å². The normalized spacial score (nSPS) is 16.5. The molecule has 22 heavy (non-hydrogen) atoms. The summed E-state index contributed by atoms with van der Waals surface area (Å²) in [5.74, 6) is -0.108. The van der Waals surface area contributed by atoms with Crippen molar-refractivity contribution in [3.8, 4) is 10.6 Å². The second kappa shape index (κ2) is 8.70. The third-order valence-electron chi connectivity index (χ3n) is 3.20. The van der Waals surface area contributed by atoms with E-state index in [-0.39, 0.29) is 36.8 Å². The molecule has 1 aliphatic rings. The Bertz CT molecular complexity index is 629. The van der Waals surface area contributed by atoms with Crippen LogP contribution in [0.4, 0.5) is 0 Å². The van der Waals surface area contributed by atoms with Gasteiger partial charge >= 0.3 is 0 Å². The molecule has 1 aliphatic heterocycles. The molecule has 120 valence electrons. The van der Waals surface area contributed by atoms with E-state index in [1.807, 2.05) is 24.3 Å². The molecule has 8 heteroatoms. The zero-order valence-corrected chi connectivity index (χ0v) is 14.7. The topological polar surface area (TPSA) is 54.0 Å². The number of nitrogens with one attached hydrogen (secondary N) is 2. The minimum absolute atomic E-state index is 0. The molecule has 1 atom stereocenters. The van der Waals surface area contributed by atoms with Crippen LogP contribution in [0.2, 0.25) is 5.02 Å². The van der Waals surface area contributed by atoms with Crippen LogP contribution >= 0.6 is 47.8 Å². The fourth-order valence-corrected chi connectivity index (χ4v) is 3.16. The van der Waals surface area contributed by atoms with Crippen molar-refractivity contribution in [2.45, 2.75) is 12.5 Å². The Morgan fingerprint density at radius 1 is 1.41 bits per heavy atom. The molecule has 1 unspecified atom stereocenters. The summed E-state index contributed by atoms with van der Waals surface area (Å²) in [4.78, 5) is 16.5. The van der Waals surface area contributed by atoms with Gasteiger partial charge in [-0.3, -0.25) is 4.79 Å². The molecule has 1 amide bonds. The van der Waals surface area contributed by atoms with Crippen LogP contribution in [0.15, 0.2) is 29.6 Å². The number of hydrogen-bond donors (Lipinski definition) is 2. The lowest BCUT2D eigenvalue weighted by Gasteiger charge is -2.09. The van der Waals surface area contributed by atoms with Crippen LogP contribution in [0.1, 0.15) is 16.9 Å². The van der Waals surface area contributed by atoms with Crippen molar-refractivity contribution in [3.63, 3.8) is 0 Å². The van der Waals surface area contributed by atoms with Gasteiger partial charge < -0.3 is 10.6 Å². The van der Waals surface area contributed by atoms with E-state index in [0.29, 0.717) is 10.7 Å². The van der Waals surface area contributed by atoms with Gasteiger partial charge in [0.25, 0.3) is 5.91 Å². The Kier molecular flexibility index (Phi) is 7.59. The highest BCUT2D eigenvalue weighted by Gasteiger charge is 2.19. The van der Waals surface area contributed by atoms with Crippen molar-refractivity contribution in [1.29, 1.82) is 0 Å². The maximum Gasteiger partial charge on any atom is 0.271 e. The van der Waals surface area contributed by atoms with Crippen LogP contribution in [0, 0.1) is 0 Å². The average Bonchev–Trinajstić information content (AvgIpc) is 3.09. The number of benzene rings is 1. The third kappa shape index (κ3) is 4.57. The van der Waals surface area contributed by atoms with Gasteiger partial charge in [-0.05, 0) is 25.1 Å². The van der Waals surface area contributed by atoms with Gasteiger partial charge in [0.15, 0.2) is 0 Å². The van der Waals surface area contributed by atoms with E-state index in [0.717, 1.165) is 30.1 Å². The molecule has 1 fully saturated rings. The second-order valence-electron chi connectivity index (χ2n) is 4.71. The lowest BCUT2D eigenvalue weighted by Crippen LogP contribution is -2.36. The molecule has 1 aromatic heterocycles. The van der Waals surface area contributed by atoms with E-state index in [9.17, 15) is 4.79 Å². The quantitative estimate of drug-likeness (QED) is 0.858. The van der Waals surface area contributed by atoms with E-state index in [2.05, 4.69) is 15.6 Å². The van der Waals surface area contributed by atoms with Crippen LogP contribution < -0.4 is 10.6 Å². The van der Waals surface area contributed by atoms with Crippen molar-refractivity contribution in [1.82, 2.24) is 15.6 Å². The van der Waals surface area contributed by atoms with Crippen molar-refractivity contribution in [2.24, 2.45) is 0 Å². The summed E-state index contributed by atoms with van der Waals surface area (Å²) < 4.78 is 0. The molecule has 2 N–H and O–H groups in total. The van der Waals surface area contributed by atoms with Gasteiger partial charge in [-0.1, -0.05) is 23.7 Å². The molecule has 0 saturated carbocycles. The summed E-state index contributed by atoms with van der Waals surface area (Å²) >= 11 is 7.42. The largest absolute Gasteiger partial charge is 0.347 e. The van der Waals surface area contributed by atoms with Gasteiger partial charge in [0.05, 0.1) is 0 Å². The molecule has 0 spiro atoms. The summed E-state index contributed by atoms with van der Waals surface area (Å²) in [7, 11) is 0. The van der Waals surface area contributed by atoms with E-state index >= 15 is 0 Å². The van der Waals surface area contributed by atoms with E-state index in [1.165, 1.54) is 11.3 Å². The molecule has 0 bridgehead atoms. The number of amides is 1. The van der Waals surface area contributed by atoms with Crippen molar-refractivity contribution >= 4 is 53.7 Å². The number of aromatic nitrogens is 1. The predicted octanol–water partition coefficient (Wildman–Crippen LogP) is 3.40. The number of nitrogens with zero attached hydrogens (tertiary/aromatic N) is 1. The van der Waals surface area contributed by atoms with E-state index in [4.69, 9.17) is 11.6 Å². The van der Waals surface area contributed by atoms with Crippen LogP contribution in [-0.4, -0.2) is 30.0 Å². The summed E-state index contributed by atoms with van der Waals surface area (Å²) in [5, 5.41) is 9.47. The lowest BCUT2D eigenvalue weighted by molar-refractivity contribution is 0.0936. The molecule has 0 radical (unpaired) electrons. The van der Waals surface area contributed by atoms with Crippen molar-refractivity contribution in [2.75, 3.05) is 13.1 Å². The number of halogens is 3. The second-order valence-corrected chi connectivity index (χ2v) is 6.01. The fraction of sp³-hybridized carbons (Fsp3) is 0.286. The van der Waals surface area contributed by atoms with Crippen molar-refractivity contribution in [3.05, 3.63) is 40.4 Å². The van der Waals surface area contributed by atoms with Crippen LogP contribution in [-0.2, 0) is 0 Å². The number of rotatable bonds is 3. The Morgan fingerprint density at radius 3 is 2.91 bits per heavy atom. The predicted molar refractivity (Wildman–Crippen MR) is 95.8 cm³/mol. The van der Waals surface area contributed by atoms with Gasteiger partial charge in [-0.25, -0.2) is 4.98 Å². The Balaban J connectivity index is 0.00000121. The number of carbonyl (C=O) groups is 1. The van der Waals surface area contributed by atoms with Gasteiger partial charge in [0.1, 0.15) is 10.7 Å². The number of carbonyl (C=O) groups excluding carboxylic acids is 1. The first-order chi connectivity index (χ1) is 9.72. The van der Waals surface area contributed by atoms with Crippen LogP contribution in [0.3, 0.4) is 0 Å². The van der Waals surface area contributed by atoms with Crippen LogP contribution in [0.25, 0.3) is 10.6 Å². The third-order valence-corrected chi connectivity index (χ3v) is 4.33.